The van der Waals surface area contributed by atoms with Gasteiger partial charge in [0.2, 0.25) is 0 Å². The van der Waals surface area contributed by atoms with E-state index >= 15 is 0 Å². The summed E-state index contributed by atoms with van der Waals surface area (Å²) in [6.45, 7) is 10.2. The molecule has 1 N–H and O–H groups in total. The van der Waals surface area contributed by atoms with Gasteiger partial charge in [-0.05, 0) is 37.0 Å². The van der Waals surface area contributed by atoms with Gasteiger partial charge in [0, 0.05) is 37.6 Å². The van der Waals surface area contributed by atoms with E-state index in [1.807, 2.05) is 52.0 Å². The van der Waals surface area contributed by atoms with E-state index in [9.17, 15) is 9.90 Å². The van der Waals surface area contributed by atoms with Gasteiger partial charge in [-0.1, -0.05) is 51.0 Å². The van der Waals surface area contributed by atoms with Crippen LogP contribution in [0.1, 0.15) is 36.8 Å². The fourth-order valence-corrected chi connectivity index (χ4v) is 4.45. The third kappa shape index (κ3) is 4.59. The maximum absolute atomic E-state index is 13.1. The van der Waals surface area contributed by atoms with Crippen LogP contribution in [0.5, 0.6) is 5.75 Å². The van der Waals surface area contributed by atoms with Gasteiger partial charge >= 0.3 is 0 Å². The molecule has 3 aromatic rings. The summed E-state index contributed by atoms with van der Waals surface area (Å²) in [4.78, 5) is 14.9. The molecule has 2 heterocycles. The molecular weight excluding hydrogens is 443 g/mol. The summed E-state index contributed by atoms with van der Waals surface area (Å²) in [5, 5.41) is 11.7. The Bertz CT molecular complexity index is 1040. The van der Waals surface area contributed by atoms with Crippen molar-refractivity contribution in [3.05, 3.63) is 58.0 Å². The predicted molar refractivity (Wildman–Crippen MR) is 119 cm³/mol. The molecule has 1 aromatic carbocycles. The van der Waals surface area contributed by atoms with E-state index in [0.717, 1.165) is 38.2 Å². The van der Waals surface area contributed by atoms with Crippen LogP contribution in [0, 0.1) is 33.6 Å². The molecule has 3 rings (SSSR count). The van der Waals surface area contributed by atoms with Gasteiger partial charge in [0.25, 0.3) is 5.56 Å². The van der Waals surface area contributed by atoms with Crippen molar-refractivity contribution in [3.8, 4) is 29.2 Å². The van der Waals surface area contributed by atoms with E-state index in [4.69, 9.17) is 6.42 Å². The molecule has 0 bridgehead atoms. The van der Waals surface area contributed by atoms with E-state index in [1.54, 1.807) is 4.57 Å². The molecule has 0 amide bonds. The molecule has 3 nitrogen and oxygen atoms in total. The number of pyridine rings is 1. The molecule has 0 spiro atoms. The molecule has 2 aromatic heterocycles. The first kappa shape index (κ1) is 26.6. The molecular formula is C23H28NO2SY-. The number of nitrogens with zero attached hydrogens (tertiary/aromatic N) is 1. The number of aromatic nitrogens is 1. The number of aryl methyl sites for hydroxylation is 3. The summed E-state index contributed by atoms with van der Waals surface area (Å²) in [7, 11) is 0. The first-order valence-corrected chi connectivity index (χ1v) is 9.70. The third-order valence-corrected chi connectivity index (χ3v) is 5.56. The maximum Gasteiger partial charge on any atom is 0.264 e. The van der Waals surface area contributed by atoms with E-state index in [2.05, 4.69) is 12.8 Å². The summed E-state index contributed by atoms with van der Waals surface area (Å²) in [6.07, 6.45) is 6.28. The van der Waals surface area contributed by atoms with E-state index in [-0.39, 0.29) is 58.0 Å². The molecule has 0 saturated carbocycles. The quantitative estimate of drug-likeness (QED) is 0.392. The van der Waals surface area contributed by atoms with Crippen molar-refractivity contribution in [1.82, 2.24) is 4.57 Å². The minimum absolute atomic E-state index is 0. The van der Waals surface area contributed by atoms with Crippen LogP contribution in [-0.2, 0) is 45.7 Å². The third-order valence-electron chi connectivity index (χ3n) is 4.39. The molecule has 0 atom stereocenters. The Morgan fingerprint density at radius 2 is 1.82 bits per heavy atom. The van der Waals surface area contributed by atoms with Crippen LogP contribution in [0.3, 0.4) is 0 Å². The van der Waals surface area contributed by atoms with Crippen molar-refractivity contribution in [2.45, 2.75) is 47.6 Å². The second kappa shape index (κ2) is 11.6. The number of hydrogen-bond donors (Lipinski definition) is 1. The number of thiophene rings is 1. The van der Waals surface area contributed by atoms with Crippen molar-refractivity contribution >= 4 is 21.6 Å². The Labute approximate surface area is 197 Å². The number of hydrogen-bond acceptors (Lipinski definition) is 3. The predicted octanol–water partition coefficient (Wildman–Crippen LogP) is 5.72. The van der Waals surface area contributed by atoms with E-state index in [1.165, 1.54) is 11.3 Å². The monoisotopic (exact) mass is 471 g/mol. The van der Waals surface area contributed by atoms with Gasteiger partial charge in [0.15, 0.2) is 0 Å². The summed E-state index contributed by atoms with van der Waals surface area (Å²) >= 11 is 1.51. The Morgan fingerprint density at radius 1 is 1.21 bits per heavy atom. The smallest absolute Gasteiger partial charge is 0.264 e. The molecule has 28 heavy (non-hydrogen) atoms. The van der Waals surface area contributed by atoms with Gasteiger partial charge < -0.3 is 12.5 Å². The number of terminal acetylenes is 1. The van der Waals surface area contributed by atoms with Crippen LogP contribution >= 0.6 is 11.3 Å². The molecule has 1 radical (unpaired) electrons. The normalized spacial score (nSPS) is 9.57. The van der Waals surface area contributed by atoms with Crippen LogP contribution in [0.2, 0.25) is 0 Å². The minimum Gasteiger partial charge on any atom is -0.506 e. The van der Waals surface area contributed by atoms with Crippen LogP contribution in [0.15, 0.2) is 29.1 Å². The Hall–Kier alpha value is -1.41. The first-order valence-electron chi connectivity index (χ1n) is 8.88. The zero-order valence-electron chi connectivity index (χ0n) is 17.6. The van der Waals surface area contributed by atoms with Crippen LogP contribution < -0.4 is 5.56 Å². The van der Waals surface area contributed by atoms with Gasteiger partial charge in [-0.2, -0.15) is 0 Å². The van der Waals surface area contributed by atoms with Crippen LogP contribution in [0.25, 0.3) is 21.3 Å². The molecule has 5 heteroatoms. The summed E-state index contributed by atoms with van der Waals surface area (Å²) in [5.41, 5.74) is 2.87. The fourth-order valence-electron chi connectivity index (χ4n) is 3.21. The average Bonchev–Trinajstić information content (AvgIpc) is 2.98. The van der Waals surface area contributed by atoms with Crippen molar-refractivity contribution in [2.24, 2.45) is 0 Å². The van der Waals surface area contributed by atoms with Crippen LogP contribution in [-0.4, -0.2) is 9.67 Å². The molecule has 0 unspecified atom stereocenters. The second-order valence-electron chi connectivity index (χ2n) is 5.80. The van der Waals surface area contributed by atoms with E-state index in [0.29, 0.717) is 5.56 Å². The molecule has 0 aliphatic rings. The number of aromatic hydroxyl groups is 1. The Kier molecular flexibility index (Phi) is 11.0. The fraction of sp³-hybridized carbons (Fsp3) is 0.304. The average molecular weight is 471 g/mol. The molecule has 0 saturated heterocycles. The largest absolute Gasteiger partial charge is 0.506 e. The summed E-state index contributed by atoms with van der Waals surface area (Å²) in [5.74, 6) is 2.63. The van der Waals surface area contributed by atoms with Gasteiger partial charge in [0.05, 0.1) is 17.5 Å². The van der Waals surface area contributed by atoms with Crippen molar-refractivity contribution < 1.29 is 37.8 Å². The Morgan fingerprint density at radius 3 is 2.36 bits per heavy atom. The summed E-state index contributed by atoms with van der Waals surface area (Å²) in [6, 6.07) is 7.59. The van der Waals surface area contributed by atoms with Crippen molar-refractivity contribution in [2.75, 3.05) is 0 Å². The SMILES string of the molecule is C#CCn1c(=O)c(-c2ccccc2C)c(O)c2c(CC)c(C)sc21.CC.[CH3-].[Y]. The second-order valence-corrected chi connectivity index (χ2v) is 7.01. The van der Waals surface area contributed by atoms with Crippen molar-refractivity contribution in [1.29, 1.82) is 0 Å². The summed E-state index contributed by atoms with van der Waals surface area (Å²) < 4.78 is 1.60. The van der Waals surface area contributed by atoms with Crippen LogP contribution in [0.4, 0.5) is 0 Å². The minimum atomic E-state index is -0.240. The number of rotatable bonds is 3. The molecule has 0 aliphatic carbocycles. The molecule has 0 aliphatic heterocycles. The van der Waals surface area contributed by atoms with Gasteiger partial charge in [-0.3, -0.25) is 9.36 Å². The van der Waals surface area contributed by atoms with Gasteiger partial charge in [-0.15, -0.1) is 17.8 Å². The molecule has 0 fully saturated rings. The van der Waals surface area contributed by atoms with Crippen molar-refractivity contribution in [3.63, 3.8) is 0 Å². The molecule has 147 valence electrons. The van der Waals surface area contributed by atoms with E-state index < -0.39 is 0 Å². The Balaban J connectivity index is 0.00000177. The number of benzene rings is 1. The topological polar surface area (TPSA) is 42.2 Å². The standard InChI is InChI=1S/C20H19NO2S.C2H6.CH3.Y/c1-5-11-21-19(23)16(15-10-8-7-9-12(15)3)18(22)17-14(6-2)13(4)24-20(17)21;1-2;;/h1,7-10,22H,6,11H2,2-4H3;1-2H3;1H3;/q;;-1;. The maximum atomic E-state index is 13.1. The van der Waals surface area contributed by atoms with Gasteiger partial charge in [0.1, 0.15) is 10.6 Å². The number of fused-ring (bicyclic) bond motifs is 1. The zero-order valence-corrected chi connectivity index (χ0v) is 21.2. The zero-order chi connectivity index (χ0) is 19.4. The van der Waals surface area contributed by atoms with Gasteiger partial charge in [-0.25, -0.2) is 0 Å². The first-order chi connectivity index (χ1) is 12.5.